The average Bonchev–Trinajstić information content (AvgIpc) is 3.43. The molecule has 9 nitrogen and oxygen atoms in total. The van der Waals surface area contributed by atoms with Crippen molar-refractivity contribution in [3.63, 3.8) is 0 Å². The normalized spacial score (nSPS) is 12.8. The van der Waals surface area contributed by atoms with Crippen LogP contribution in [0.3, 0.4) is 0 Å². The second-order valence-corrected chi connectivity index (χ2v) is 8.08. The van der Waals surface area contributed by atoms with E-state index in [9.17, 15) is 18.0 Å². The fraction of sp³-hybridized carbons (Fsp3) is 0.333. The van der Waals surface area contributed by atoms with Crippen molar-refractivity contribution in [2.24, 2.45) is 0 Å². The van der Waals surface area contributed by atoms with Gasteiger partial charge in [-0.1, -0.05) is 13.3 Å². The molecule has 0 amide bonds. The number of ether oxygens (including phenoxy) is 1. The van der Waals surface area contributed by atoms with Crippen LogP contribution in [-0.2, 0) is 22.1 Å². The first kappa shape index (κ1) is 23.8. The number of halogens is 4. The van der Waals surface area contributed by atoms with Gasteiger partial charge in [-0.2, -0.15) is 18.3 Å². The van der Waals surface area contributed by atoms with Gasteiger partial charge in [0, 0.05) is 18.0 Å². The molecule has 4 aromatic rings. The number of hydrogen-bond acceptors (Lipinski definition) is 7. The third-order valence-electron chi connectivity index (χ3n) is 4.97. The number of alkyl halides is 3. The molecule has 34 heavy (non-hydrogen) atoms. The van der Waals surface area contributed by atoms with Crippen LogP contribution < -0.4 is 0 Å². The molecule has 0 aliphatic heterocycles. The Bertz CT molecular complexity index is 1340. The lowest BCUT2D eigenvalue weighted by Gasteiger charge is -2.19. The Morgan fingerprint density at radius 1 is 1.21 bits per heavy atom. The van der Waals surface area contributed by atoms with Gasteiger partial charge in [-0.15, -0.1) is 5.10 Å². The first-order valence-electron chi connectivity index (χ1n) is 10.4. The molecule has 1 atom stereocenters. The van der Waals surface area contributed by atoms with Gasteiger partial charge in [0.25, 0.3) is 5.82 Å². The van der Waals surface area contributed by atoms with E-state index in [1.165, 1.54) is 10.9 Å². The maximum Gasteiger partial charge on any atom is 0.453 e. The molecule has 178 valence electrons. The van der Waals surface area contributed by atoms with E-state index in [1.54, 1.807) is 31.3 Å². The van der Waals surface area contributed by atoms with Crippen LogP contribution in [0.5, 0.6) is 0 Å². The highest BCUT2D eigenvalue weighted by Gasteiger charge is 2.38. The lowest BCUT2D eigenvalue weighted by molar-refractivity contribution is -0.145. The van der Waals surface area contributed by atoms with Crippen molar-refractivity contribution < 1.29 is 22.7 Å². The highest BCUT2D eigenvalue weighted by Crippen LogP contribution is 2.33. The number of rotatable bonds is 7. The minimum atomic E-state index is -4.72. The zero-order valence-corrected chi connectivity index (χ0v) is 19.7. The Kier molecular flexibility index (Phi) is 6.64. The number of esters is 1. The van der Waals surface area contributed by atoms with Gasteiger partial charge < -0.3 is 4.74 Å². The van der Waals surface area contributed by atoms with Crippen LogP contribution in [0.1, 0.15) is 49.0 Å². The summed E-state index contributed by atoms with van der Waals surface area (Å²) in [4.78, 5) is 25.6. The highest BCUT2D eigenvalue weighted by molar-refractivity contribution is 9.10. The molecule has 0 spiro atoms. The molecule has 0 aromatic carbocycles. The number of nitrogens with zero attached hydrogens (tertiary/aromatic N) is 7. The van der Waals surface area contributed by atoms with Crippen LogP contribution >= 0.6 is 15.9 Å². The molecule has 0 radical (unpaired) electrons. The van der Waals surface area contributed by atoms with E-state index in [0.717, 1.165) is 10.8 Å². The molecule has 13 heteroatoms. The maximum absolute atomic E-state index is 13.3. The van der Waals surface area contributed by atoms with E-state index in [1.807, 2.05) is 6.92 Å². The molecule has 0 fully saturated rings. The number of aromatic nitrogens is 7. The lowest BCUT2D eigenvalue weighted by Crippen LogP contribution is -2.24. The molecule has 0 saturated carbocycles. The molecule has 0 N–H and O–H groups in total. The summed E-state index contributed by atoms with van der Waals surface area (Å²) >= 11 is 3.43. The zero-order valence-electron chi connectivity index (χ0n) is 18.1. The van der Waals surface area contributed by atoms with Crippen molar-refractivity contribution in [1.29, 1.82) is 0 Å². The zero-order chi connectivity index (χ0) is 24.5. The Morgan fingerprint density at radius 3 is 2.68 bits per heavy atom. The number of carbonyl (C=O) groups excluding carboxylic acids is 1. The monoisotopic (exact) mass is 537 g/mol. The predicted molar refractivity (Wildman–Crippen MR) is 117 cm³/mol. The fourth-order valence-corrected chi connectivity index (χ4v) is 4.04. The maximum atomic E-state index is 13.3. The van der Waals surface area contributed by atoms with Gasteiger partial charge in [0.15, 0.2) is 11.5 Å². The van der Waals surface area contributed by atoms with Crippen LogP contribution in [0.2, 0.25) is 0 Å². The summed E-state index contributed by atoms with van der Waals surface area (Å²) in [6, 6.07) is 5.13. The summed E-state index contributed by atoms with van der Waals surface area (Å²) in [6.07, 6.45) is 0.366. The molecular weight excluding hydrogens is 519 g/mol. The van der Waals surface area contributed by atoms with E-state index in [0.29, 0.717) is 34.4 Å². The van der Waals surface area contributed by atoms with E-state index in [2.05, 4.69) is 41.1 Å². The summed E-state index contributed by atoms with van der Waals surface area (Å²) in [5.41, 5.74) is 0.975. The first-order valence-corrected chi connectivity index (χ1v) is 11.2. The molecular formula is C21H19BrF3N7O2. The standard InChI is InChI=1S/C21H19BrF3N7O2/c1-3-6-12-16(27-11-31-17(12)29-20(30-31)21(23,24)25)15(19(33)34-4-2)14-8-10-28-32(14)18-13(22)7-5-9-26-18/h5,7-11,15H,3-4,6H2,1-2H3. The van der Waals surface area contributed by atoms with Gasteiger partial charge in [-0.25, -0.2) is 24.1 Å². The van der Waals surface area contributed by atoms with Crippen LogP contribution in [0.4, 0.5) is 13.2 Å². The van der Waals surface area contributed by atoms with Gasteiger partial charge in [0.2, 0.25) is 0 Å². The Hall–Kier alpha value is -3.35. The number of fused-ring (bicyclic) bond motifs is 1. The average molecular weight is 538 g/mol. The van der Waals surface area contributed by atoms with Gasteiger partial charge in [0.1, 0.15) is 12.2 Å². The van der Waals surface area contributed by atoms with Crippen LogP contribution in [0.15, 0.2) is 41.4 Å². The van der Waals surface area contributed by atoms with Crippen LogP contribution in [0, 0.1) is 0 Å². The minimum Gasteiger partial charge on any atom is -0.465 e. The van der Waals surface area contributed by atoms with Crippen LogP contribution in [-0.4, -0.2) is 46.9 Å². The highest BCUT2D eigenvalue weighted by atomic mass is 79.9. The smallest absolute Gasteiger partial charge is 0.453 e. The third-order valence-corrected chi connectivity index (χ3v) is 5.59. The molecule has 0 saturated heterocycles. The summed E-state index contributed by atoms with van der Waals surface area (Å²) in [6.45, 7) is 3.63. The minimum absolute atomic E-state index is 0.0152. The van der Waals surface area contributed by atoms with Gasteiger partial charge in [-0.05, 0) is 47.5 Å². The summed E-state index contributed by atoms with van der Waals surface area (Å²) in [5.74, 6) is -2.56. The number of carbonyl (C=O) groups is 1. The first-order chi connectivity index (χ1) is 16.3. The Labute approximate surface area is 200 Å². The van der Waals surface area contributed by atoms with E-state index >= 15 is 0 Å². The van der Waals surface area contributed by atoms with Crippen molar-refractivity contribution >= 4 is 27.5 Å². The fourth-order valence-electron chi connectivity index (χ4n) is 3.62. The molecule has 0 bridgehead atoms. The lowest BCUT2D eigenvalue weighted by atomic mass is 9.95. The molecule has 4 aromatic heterocycles. The third kappa shape index (κ3) is 4.39. The second kappa shape index (κ2) is 9.49. The van der Waals surface area contributed by atoms with E-state index in [4.69, 9.17) is 4.74 Å². The number of pyridine rings is 1. The summed E-state index contributed by atoms with van der Waals surface area (Å²) in [7, 11) is 0. The van der Waals surface area contributed by atoms with Gasteiger partial charge in [0.05, 0.1) is 22.5 Å². The Balaban J connectivity index is 1.96. The number of hydrogen-bond donors (Lipinski definition) is 0. The van der Waals surface area contributed by atoms with Crippen molar-refractivity contribution in [2.75, 3.05) is 6.61 Å². The predicted octanol–water partition coefficient (Wildman–Crippen LogP) is 4.13. The van der Waals surface area contributed by atoms with Crippen LogP contribution in [0.25, 0.3) is 11.5 Å². The Morgan fingerprint density at radius 2 is 2.00 bits per heavy atom. The van der Waals surface area contributed by atoms with Gasteiger partial charge >= 0.3 is 12.1 Å². The second-order valence-electron chi connectivity index (χ2n) is 7.22. The van der Waals surface area contributed by atoms with Crippen molar-refractivity contribution in [1.82, 2.24) is 34.3 Å². The number of aryl methyl sites for hydroxylation is 1. The summed E-state index contributed by atoms with van der Waals surface area (Å²) in [5, 5.41) is 7.83. The molecule has 4 rings (SSSR count). The topological polar surface area (TPSA) is 100 Å². The summed E-state index contributed by atoms with van der Waals surface area (Å²) < 4.78 is 48.2. The van der Waals surface area contributed by atoms with Gasteiger partial charge in [-0.3, -0.25) is 4.79 Å². The van der Waals surface area contributed by atoms with Crippen molar-refractivity contribution in [3.8, 4) is 5.82 Å². The molecule has 1 unspecified atom stereocenters. The SMILES string of the molecule is CCCc1c(C(C(=O)OCC)c2ccnn2-c2ncccc2Br)ncn2nc(C(F)(F)F)nc12. The molecule has 0 aliphatic rings. The van der Waals surface area contributed by atoms with Crippen molar-refractivity contribution in [3.05, 3.63) is 64.2 Å². The van der Waals surface area contributed by atoms with E-state index < -0.39 is 23.9 Å². The largest absolute Gasteiger partial charge is 0.465 e. The van der Waals surface area contributed by atoms with E-state index in [-0.39, 0.29) is 17.9 Å². The quantitative estimate of drug-likeness (QED) is 0.326. The molecule has 0 aliphatic carbocycles. The molecule has 4 heterocycles. The van der Waals surface area contributed by atoms with Crippen molar-refractivity contribution in [2.45, 2.75) is 38.8 Å².